The highest BCUT2D eigenvalue weighted by molar-refractivity contribution is 5.41. The van der Waals surface area contributed by atoms with Gasteiger partial charge >= 0.3 is 0 Å². The number of hydrogen-bond donors (Lipinski definition) is 1. The molecule has 0 radical (unpaired) electrons. The Kier molecular flexibility index (Phi) is 1.77. The van der Waals surface area contributed by atoms with Gasteiger partial charge in [-0.15, -0.1) is 0 Å². The number of fused-ring (bicyclic) bond motifs is 1. The molecule has 0 aliphatic carbocycles. The van der Waals surface area contributed by atoms with E-state index in [0.29, 0.717) is 5.69 Å². The van der Waals surface area contributed by atoms with Gasteiger partial charge in [0.25, 0.3) is 0 Å². The third-order valence-electron chi connectivity index (χ3n) is 1.95. The minimum atomic E-state index is -0.0398. The molecule has 0 bridgehead atoms. The van der Waals surface area contributed by atoms with E-state index in [1.54, 1.807) is 10.6 Å². The van der Waals surface area contributed by atoms with Gasteiger partial charge < -0.3 is 5.11 Å². The molecule has 68 valence electrons. The molecule has 0 saturated carbocycles. The van der Waals surface area contributed by atoms with Crippen LogP contribution in [0.4, 0.5) is 0 Å². The lowest BCUT2D eigenvalue weighted by molar-refractivity contribution is 0.276. The number of hydrogen-bond acceptors (Lipinski definition) is 3. The number of rotatable bonds is 1. The van der Waals surface area contributed by atoms with E-state index >= 15 is 0 Å². The van der Waals surface area contributed by atoms with Crippen molar-refractivity contribution in [1.82, 2.24) is 14.6 Å². The molecule has 13 heavy (non-hydrogen) atoms. The van der Waals surface area contributed by atoms with Crippen LogP contribution in [-0.2, 0) is 6.61 Å². The molecule has 0 saturated heterocycles. The van der Waals surface area contributed by atoms with Crippen LogP contribution in [-0.4, -0.2) is 19.7 Å². The fourth-order valence-corrected chi connectivity index (χ4v) is 1.41. The van der Waals surface area contributed by atoms with E-state index in [1.165, 1.54) is 0 Å². The lowest BCUT2D eigenvalue weighted by atomic mass is 10.3. The molecule has 0 amide bonds. The van der Waals surface area contributed by atoms with Crippen molar-refractivity contribution in [3.8, 4) is 0 Å². The molecule has 2 rings (SSSR count). The van der Waals surface area contributed by atoms with E-state index in [0.717, 1.165) is 17.0 Å². The van der Waals surface area contributed by atoms with Crippen LogP contribution in [0.25, 0.3) is 5.65 Å². The molecule has 2 heterocycles. The van der Waals surface area contributed by atoms with Crippen LogP contribution >= 0.6 is 0 Å². The van der Waals surface area contributed by atoms with Gasteiger partial charge in [0.05, 0.1) is 12.3 Å². The third-order valence-corrected chi connectivity index (χ3v) is 1.95. The smallest absolute Gasteiger partial charge is 0.155 e. The first-order valence-corrected chi connectivity index (χ1v) is 4.14. The summed E-state index contributed by atoms with van der Waals surface area (Å²) in [6, 6.07) is 3.75. The Morgan fingerprint density at radius 2 is 2.15 bits per heavy atom. The Morgan fingerprint density at radius 1 is 1.38 bits per heavy atom. The van der Waals surface area contributed by atoms with Gasteiger partial charge in [-0.25, -0.2) is 9.50 Å². The van der Waals surface area contributed by atoms with Gasteiger partial charge in [-0.2, -0.15) is 5.10 Å². The largest absolute Gasteiger partial charge is 0.390 e. The summed E-state index contributed by atoms with van der Waals surface area (Å²) in [6.45, 7) is 3.87. The molecule has 4 heteroatoms. The lowest BCUT2D eigenvalue weighted by Gasteiger charge is -1.98. The Morgan fingerprint density at radius 3 is 2.85 bits per heavy atom. The van der Waals surface area contributed by atoms with Crippen molar-refractivity contribution >= 4 is 5.65 Å². The lowest BCUT2D eigenvalue weighted by Crippen LogP contribution is -1.97. The maximum Gasteiger partial charge on any atom is 0.155 e. The Bertz CT molecular complexity index is 447. The first-order valence-electron chi connectivity index (χ1n) is 4.14. The molecule has 0 fully saturated rings. The quantitative estimate of drug-likeness (QED) is 0.702. The second kappa shape index (κ2) is 2.81. The van der Waals surface area contributed by atoms with E-state index < -0.39 is 0 Å². The Hall–Kier alpha value is -1.42. The van der Waals surface area contributed by atoms with Gasteiger partial charge in [0, 0.05) is 17.5 Å². The number of aliphatic hydroxyl groups excluding tert-OH is 1. The molecule has 0 aliphatic heterocycles. The van der Waals surface area contributed by atoms with Crippen molar-refractivity contribution in [2.75, 3.05) is 0 Å². The SMILES string of the molecule is Cc1cc(C)n2nc(CO)cc2n1. The van der Waals surface area contributed by atoms with Crippen molar-refractivity contribution in [3.63, 3.8) is 0 Å². The average Bonchev–Trinajstić information content (AvgIpc) is 2.47. The summed E-state index contributed by atoms with van der Waals surface area (Å²) in [4.78, 5) is 4.29. The van der Waals surface area contributed by atoms with E-state index in [1.807, 2.05) is 19.9 Å². The first-order chi connectivity index (χ1) is 6.20. The van der Waals surface area contributed by atoms with Crippen molar-refractivity contribution in [2.24, 2.45) is 0 Å². The summed E-state index contributed by atoms with van der Waals surface area (Å²) >= 11 is 0. The maximum atomic E-state index is 8.90. The molecule has 0 spiro atoms. The van der Waals surface area contributed by atoms with Gasteiger partial charge in [0.15, 0.2) is 5.65 Å². The van der Waals surface area contributed by atoms with Crippen LogP contribution < -0.4 is 0 Å². The summed E-state index contributed by atoms with van der Waals surface area (Å²) in [5.41, 5.74) is 3.44. The Labute approximate surface area is 75.8 Å². The van der Waals surface area contributed by atoms with Gasteiger partial charge in [0.2, 0.25) is 0 Å². The maximum absolute atomic E-state index is 8.90. The molecular weight excluding hydrogens is 166 g/mol. The highest BCUT2D eigenvalue weighted by Crippen LogP contribution is 2.08. The van der Waals surface area contributed by atoms with Gasteiger partial charge in [-0.1, -0.05) is 0 Å². The number of aliphatic hydroxyl groups is 1. The molecule has 1 N–H and O–H groups in total. The summed E-state index contributed by atoms with van der Waals surface area (Å²) in [6.07, 6.45) is 0. The molecule has 0 aliphatic rings. The van der Waals surface area contributed by atoms with Gasteiger partial charge in [0.1, 0.15) is 0 Å². The predicted octanol–water partition coefficient (Wildman–Crippen LogP) is 0.838. The molecule has 0 unspecified atom stereocenters. The van der Waals surface area contributed by atoms with Crippen LogP contribution in [0.1, 0.15) is 17.1 Å². The fraction of sp³-hybridized carbons (Fsp3) is 0.333. The van der Waals surface area contributed by atoms with Crippen molar-refractivity contribution in [2.45, 2.75) is 20.5 Å². The average molecular weight is 177 g/mol. The monoisotopic (exact) mass is 177 g/mol. The highest BCUT2D eigenvalue weighted by Gasteiger charge is 2.03. The number of aryl methyl sites for hydroxylation is 2. The molecule has 2 aromatic rings. The molecule has 0 aromatic carbocycles. The van der Waals surface area contributed by atoms with E-state index in [4.69, 9.17) is 5.11 Å². The zero-order valence-electron chi connectivity index (χ0n) is 7.65. The van der Waals surface area contributed by atoms with Crippen LogP contribution in [0.2, 0.25) is 0 Å². The van der Waals surface area contributed by atoms with Crippen LogP contribution in [0.3, 0.4) is 0 Å². The van der Waals surface area contributed by atoms with E-state index in [9.17, 15) is 0 Å². The number of aromatic nitrogens is 3. The summed E-state index contributed by atoms with van der Waals surface area (Å²) < 4.78 is 1.73. The summed E-state index contributed by atoms with van der Waals surface area (Å²) in [5, 5.41) is 13.1. The standard InChI is InChI=1S/C9H11N3O/c1-6-3-7(2)12-9(10-6)4-8(5-13)11-12/h3-4,13H,5H2,1-2H3. The van der Waals surface area contributed by atoms with Crippen molar-refractivity contribution in [1.29, 1.82) is 0 Å². The first kappa shape index (κ1) is 8.19. The number of nitrogens with zero attached hydrogens (tertiary/aromatic N) is 3. The van der Waals surface area contributed by atoms with E-state index in [-0.39, 0.29) is 6.61 Å². The molecule has 0 atom stereocenters. The third kappa shape index (κ3) is 1.29. The molecule has 2 aromatic heterocycles. The molecular formula is C9H11N3O. The topological polar surface area (TPSA) is 50.4 Å². The minimum absolute atomic E-state index is 0.0398. The summed E-state index contributed by atoms with van der Waals surface area (Å²) in [7, 11) is 0. The summed E-state index contributed by atoms with van der Waals surface area (Å²) in [5.74, 6) is 0. The molecule has 4 nitrogen and oxygen atoms in total. The Balaban J connectivity index is 2.75. The second-order valence-corrected chi connectivity index (χ2v) is 3.10. The van der Waals surface area contributed by atoms with Crippen LogP contribution in [0.5, 0.6) is 0 Å². The zero-order valence-corrected chi connectivity index (χ0v) is 7.65. The zero-order chi connectivity index (χ0) is 9.42. The van der Waals surface area contributed by atoms with Gasteiger partial charge in [-0.05, 0) is 19.9 Å². The van der Waals surface area contributed by atoms with E-state index in [2.05, 4.69) is 10.1 Å². The highest BCUT2D eigenvalue weighted by atomic mass is 16.3. The minimum Gasteiger partial charge on any atom is -0.390 e. The predicted molar refractivity (Wildman–Crippen MR) is 48.4 cm³/mol. The van der Waals surface area contributed by atoms with Crippen LogP contribution in [0, 0.1) is 13.8 Å². The van der Waals surface area contributed by atoms with Crippen molar-refractivity contribution < 1.29 is 5.11 Å². The fourth-order valence-electron chi connectivity index (χ4n) is 1.41. The van der Waals surface area contributed by atoms with Crippen molar-refractivity contribution in [3.05, 3.63) is 29.2 Å². The second-order valence-electron chi connectivity index (χ2n) is 3.10. The van der Waals surface area contributed by atoms with Gasteiger partial charge in [-0.3, -0.25) is 0 Å². The normalized spacial score (nSPS) is 11.0. The van der Waals surface area contributed by atoms with Crippen LogP contribution in [0.15, 0.2) is 12.1 Å².